The fourth-order valence-electron chi connectivity index (χ4n) is 2.38. The van der Waals surface area contributed by atoms with E-state index in [9.17, 15) is 4.79 Å². The van der Waals surface area contributed by atoms with Crippen LogP contribution in [0.1, 0.15) is 21.7 Å². The zero-order chi connectivity index (χ0) is 19.2. The fourth-order valence-corrected chi connectivity index (χ4v) is 2.53. The number of rotatable bonds is 6. The molecule has 0 radical (unpaired) electrons. The van der Waals surface area contributed by atoms with E-state index in [4.69, 9.17) is 16.3 Å². The summed E-state index contributed by atoms with van der Waals surface area (Å²) in [6.07, 6.45) is 3.05. The summed E-state index contributed by atoms with van der Waals surface area (Å²) in [5, 5.41) is 6.48. The maximum absolute atomic E-state index is 12.6. The number of nitrogens with zero attached hydrogens (tertiary/aromatic N) is 3. The van der Waals surface area contributed by atoms with Crippen molar-refractivity contribution in [2.75, 3.05) is 17.7 Å². The lowest BCUT2D eigenvalue weighted by atomic mass is 10.2. The topological polar surface area (TPSA) is 89.0 Å². The van der Waals surface area contributed by atoms with Gasteiger partial charge in [0.25, 0.3) is 5.91 Å². The third-order valence-corrected chi connectivity index (χ3v) is 4.21. The van der Waals surface area contributed by atoms with Gasteiger partial charge >= 0.3 is 0 Å². The van der Waals surface area contributed by atoms with Crippen LogP contribution in [0.3, 0.4) is 0 Å². The average Bonchev–Trinajstić information content (AvgIpc) is 2.70. The molecule has 0 saturated carbocycles. The van der Waals surface area contributed by atoms with Crippen molar-refractivity contribution >= 4 is 29.0 Å². The highest BCUT2D eigenvalue weighted by molar-refractivity contribution is 6.31. The molecule has 27 heavy (non-hydrogen) atoms. The van der Waals surface area contributed by atoms with E-state index in [1.165, 1.54) is 13.4 Å². The highest BCUT2D eigenvalue weighted by Crippen LogP contribution is 2.31. The summed E-state index contributed by atoms with van der Waals surface area (Å²) in [4.78, 5) is 25.0. The van der Waals surface area contributed by atoms with E-state index < -0.39 is 0 Å². The summed E-state index contributed by atoms with van der Waals surface area (Å²) >= 11 is 6.10. The molecule has 1 amide bonds. The summed E-state index contributed by atoms with van der Waals surface area (Å²) in [6, 6.07) is 10.6. The van der Waals surface area contributed by atoms with E-state index >= 15 is 0 Å². The Labute approximate surface area is 161 Å². The second-order valence-electron chi connectivity index (χ2n) is 5.72. The Morgan fingerprint density at radius 3 is 2.78 bits per heavy atom. The number of halogens is 1. The molecular weight excluding hydrogens is 366 g/mol. The predicted octanol–water partition coefficient (Wildman–Crippen LogP) is 3.71. The number of aryl methyl sites for hydroxylation is 1. The molecule has 8 heteroatoms. The van der Waals surface area contributed by atoms with Crippen LogP contribution in [0.25, 0.3) is 0 Å². The van der Waals surface area contributed by atoms with Crippen molar-refractivity contribution in [3.63, 3.8) is 0 Å². The molecule has 0 spiro atoms. The van der Waals surface area contributed by atoms with E-state index in [-0.39, 0.29) is 11.6 Å². The number of aromatic nitrogens is 3. The van der Waals surface area contributed by atoms with Crippen LogP contribution in [0.2, 0.25) is 5.02 Å². The zero-order valence-corrected chi connectivity index (χ0v) is 15.6. The van der Waals surface area contributed by atoms with Crippen LogP contribution in [0.15, 0.2) is 48.9 Å². The first-order valence-corrected chi connectivity index (χ1v) is 8.56. The molecule has 0 unspecified atom stereocenters. The van der Waals surface area contributed by atoms with Crippen molar-refractivity contribution in [1.29, 1.82) is 0 Å². The lowest BCUT2D eigenvalue weighted by Crippen LogP contribution is -2.15. The van der Waals surface area contributed by atoms with Gasteiger partial charge in [-0.3, -0.25) is 9.78 Å². The van der Waals surface area contributed by atoms with E-state index in [0.717, 1.165) is 11.3 Å². The van der Waals surface area contributed by atoms with Crippen LogP contribution >= 0.6 is 11.6 Å². The van der Waals surface area contributed by atoms with Gasteiger partial charge in [0.2, 0.25) is 0 Å². The molecular formula is C19H18ClN5O2. The Morgan fingerprint density at radius 1 is 1.19 bits per heavy atom. The largest absolute Gasteiger partial charge is 0.495 e. The van der Waals surface area contributed by atoms with E-state index in [2.05, 4.69) is 25.6 Å². The van der Waals surface area contributed by atoms with E-state index in [1.807, 2.05) is 25.1 Å². The first kappa shape index (κ1) is 18.6. The Bertz CT molecular complexity index is 950. The molecule has 2 N–H and O–H groups in total. The quantitative estimate of drug-likeness (QED) is 0.674. The Kier molecular flexibility index (Phi) is 5.83. The lowest BCUT2D eigenvalue weighted by molar-refractivity contribution is 0.102. The molecule has 2 heterocycles. The molecule has 2 aromatic heterocycles. The van der Waals surface area contributed by atoms with Crippen LogP contribution in [0.4, 0.5) is 11.5 Å². The van der Waals surface area contributed by atoms with Crippen molar-refractivity contribution < 1.29 is 9.53 Å². The number of benzene rings is 1. The van der Waals surface area contributed by atoms with E-state index in [1.54, 1.807) is 24.4 Å². The summed E-state index contributed by atoms with van der Waals surface area (Å²) in [7, 11) is 1.51. The number of pyridine rings is 1. The van der Waals surface area contributed by atoms with Gasteiger partial charge in [-0.2, -0.15) is 0 Å². The normalized spacial score (nSPS) is 10.3. The standard InChI is InChI=1S/C19H18ClN5O2/c1-12-7-15(17(27-2)8-14(12)20)25-19(26)16-9-18(24-11-23-16)22-10-13-5-3-4-6-21-13/h3-9,11H,10H2,1-2H3,(H,25,26)(H,22,23,24). The minimum absolute atomic E-state index is 0.225. The summed E-state index contributed by atoms with van der Waals surface area (Å²) in [6.45, 7) is 2.34. The zero-order valence-electron chi connectivity index (χ0n) is 14.9. The van der Waals surface area contributed by atoms with Gasteiger partial charge in [0.1, 0.15) is 23.6 Å². The smallest absolute Gasteiger partial charge is 0.274 e. The highest BCUT2D eigenvalue weighted by Gasteiger charge is 2.14. The molecule has 0 aliphatic heterocycles. The number of methoxy groups -OCH3 is 1. The van der Waals surface area contributed by atoms with Gasteiger partial charge in [-0.05, 0) is 30.7 Å². The van der Waals surface area contributed by atoms with Gasteiger partial charge in [-0.15, -0.1) is 0 Å². The first-order valence-electron chi connectivity index (χ1n) is 8.18. The lowest BCUT2D eigenvalue weighted by Gasteiger charge is -2.12. The second-order valence-corrected chi connectivity index (χ2v) is 6.13. The number of hydrogen-bond acceptors (Lipinski definition) is 6. The van der Waals surface area contributed by atoms with Crippen LogP contribution in [0, 0.1) is 6.92 Å². The SMILES string of the molecule is COc1cc(Cl)c(C)cc1NC(=O)c1cc(NCc2ccccn2)ncn1. The maximum atomic E-state index is 12.6. The minimum Gasteiger partial charge on any atom is -0.495 e. The first-order chi connectivity index (χ1) is 13.1. The molecule has 1 aromatic carbocycles. The predicted molar refractivity (Wildman–Crippen MR) is 104 cm³/mol. The van der Waals surface area contributed by atoms with Crippen LogP contribution in [-0.2, 0) is 6.54 Å². The number of ether oxygens (including phenoxy) is 1. The fraction of sp³-hybridized carbons (Fsp3) is 0.158. The third kappa shape index (κ3) is 4.71. The Morgan fingerprint density at radius 2 is 2.04 bits per heavy atom. The van der Waals surface area contributed by atoms with Crippen molar-refractivity contribution in [2.45, 2.75) is 13.5 Å². The number of nitrogens with one attached hydrogen (secondary N) is 2. The molecule has 0 saturated heterocycles. The highest BCUT2D eigenvalue weighted by atomic mass is 35.5. The van der Waals surface area contributed by atoms with Crippen LogP contribution in [0.5, 0.6) is 5.75 Å². The number of hydrogen-bond donors (Lipinski definition) is 2. The number of carbonyl (C=O) groups is 1. The Hall–Kier alpha value is -3.19. The van der Waals surface area contributed by atoms with Gasteiger partial charge in [-0.25, -0.2) is 9.97 Å². The Balaban J connectivity index is 1.73. The summed E-state index contributed by atoms with van der Waals surface area (Å²) in [5.74, 6) is 0.625. The van der Waals surface area contributed by atoms with Crippen LogP contribution < -0.4 is 15.4 Å². The molecule has 0 fully saturated rings. The monoisotopic (exact) mass is 383 g/mol. The molecule has 0 aliphatic rings. The molecule has 0 atom stereocenters. The van der Waals surface area contributed by atoms with Gasteiger partial charge in [0.15, 0.2) is 0 Å². The molecule has 3 rings (SSSR count). The maximum Gasteiger partial charge on any atom is 0.274 e. The van der Waals surface area contributed by atoms with Crippen molar-refractivity contribution in [3.8, 4) is 5.75 Å². The van der Waals surface area contributed by atoms with Gasteiger partial charge in [0, 0.05) is 23.4 Å². The number of anilines is 2. The van der Waals surface area contributed by atoms with Crippen molar-refractivity contribution in [2.24, 2.45) is 0 Å². The molecule has 0 aliphatic carbocycles. The van der Waals surface area contributed by atoms with Gasteiger partial charge < -0.3 is 15.4 Å². The molecule has 0 bridgehead atoms. The molecule has 7 nitrogen and oxygen atoms in total. The van der Waals surface area contributed by atoms with E-state index in [0.29, 0.717) is 28.8 Å². The van der Waals surface area contributed by atoms with Crippen molar-refractivity contribution in [1.82, 2.24) is 15.0 Å². The second kappa shape index (κ2) is 8.46. The molecule has 138 valence electrons. The average molecular weight is 384 g/mol. The molecule has 3 aromatic rings. The number of carbonyl (C=O) groups excluding carboxylic acids is 1. The summed E-state index contributed by atoms with van der Waals surface area (Å²) < 4.78 is 5.28. The number of amides is 1. The third-order valence-electron chi connectivity index (χ3n) is 3.81. The van der Waals surface area contributed by atoms with Crippen molar-refractivity contribution in [3.05, 3.63) is 70.9 Å². The van der Waals surface area contributed by atoms with Crippen LogP contribution in [-0.4, -0.2) is 28.0 Å². The van der Waals surface area contributed by atoms with Gasteiger partial charge in [0.05, 0.1) is 25.0 Å². The minimum atomic E-state index is -0.377. The summed E-state index contributed by atoms with van der Waals surface area (Å²) in [5.41, 5.74) is 2.44. The van der Waals surface area contributed by atoms with Gasteiger partial charge in [-0.1, -0.05) is 17.7 Å².